The minimum Gasteiger partial charge on any atom is -0.493 e. The highest BCUT2D eigenvalue weighted by Gasteiger charge is 2.44. The number of nitrogens with zero attached hydrogens (tertiary/aromatic N) is 6. The summed E-state index contributed by atoms with van der Waals surface area (Å²) in [6.45, 7) is 10.8. The van der Waals surface area contributed by atoms with Gasteiger partial charge in [0.2, 0.25) is 11.8 Å². The van der Waals surface area contributed by atoms with Crippen LogP contribution in [0.5, 0.6) is 11.5 Å². The standard InChI is InChI=1S/C60H72Cl2N8O6/c61-46-16-12-44(13-17-46)53-42-75-55-40-49(20-22-51(53)55)73-38-5-1-3-26-66-30-34-68(35-31-66)57(59(71)63-24-8-28-70-29-9-25-64-70)58(60(72)65-48-10-7-11-48)69-36-32-67(33-37-69)27-4-2-6-39-74-50-21-23-52-54(43-76-56(52)41-50)45-14-18-47(62)19-15-45/h9,12-23,25,29,40-43,48,57-58H,1-8,10-11,24,26-28,30-39H2,(H,63,71)(H,65,72). The van der Waals surface area contributed by atoms with Gasteiger partial charge in [-0.25, -0.2) is 0 Å². The molecule has 2 aliphatic heterocycles. The van der Waals surface area contributed by atoms with Crippen molar-refractivity contribution in [2.24, 2.45) is 0 Å². The number of piperazine rings is 2. The maximum absolute atomic E-state index is 14.6. The van der Waals surface area contributed by atoms with Crippen molar-refractivity contribution in [1.29, 1.82) is 0 Å². The molecule has 3 aliphatic rings. The van der Waals surface area contributed by atoms with E-state index in [1.165, 1.54) is 0 Å². The first-order valence-corrected chi connectivity index (χ1v) is 28.4. The average molecular weight is 1070 g/mol. The van der Waals surface area contributed by atoms with Gasteiger partial charge in [-0.2, -0.15) is 5.10 Å². The second-order valence-corrected chi connectivity index (χ2v) is 21.5. The Morgan fingerprint density at radius 3 is 1.59 bits per heavy atom. The van der Waals surface area contributed by atoms with Crippen LogP contribution in [0.15, 0.2) is 125 Å². The Balaban J connectivity index is 0.688. The SMILES string of the molecule is O=C(NCCCn1cccn1)C(C(C(=O)NC1CCC1)N1CCN(CCCCCOc2ccc3c(-c4ccc(Cl)cc4)coc3c2)CC1)N1CCN(CCCCCOc2ccc3c(-c4ccc(Cl)cc4)coc3c2)CC1. The highest BCUT2D eigenvalue weighted by molar-refractivity contribution is 6.31. The van der Waals surface area contributed by atoms with Gasteiger partial charge >= 0.3 is 0 Å². The first-order valence-electron chi connectivity index (χ1n) is 27.6. The zero-order chi connectivity index (χ0) is 52.1. The zero-order valence-electron chi connectivity index (χ0n) is 43.6. The van der Waals surface area contributed by atoms with Crippen molar-refractivity contribution in [1.82, 2.24) is 40.0 Å². The van der Waals surface area contributed by atoms with Crippen LogP contribution in [0.4, 0.5) is 0 Å². The van der Waals surface area contributed by atoms with Crippen molar-refractivity contribution in [3.63, 3.8) is 0 Å². The Kier molecular flexibility index (Phi) is 18.6. The number of ether oxygens (including phenoxy) is 2. The first-order chi connectivity index (χ1) is 37.3. The Morgan fingerprint density at radius 1 is 0.605 bits per heavy atom. The van der Waals surface area contributed by atoms with Crippen molar-refractivity contribution < 1.29 is 27.9 Å². The first kappa shape index (κ1) is 53.5. The van der Waals surface area contributed by atoms with Crippen molar-refractivity contribution in [2.75, 3.05) is 85.2 Å². The summed E-state index contributed by atoms with van der Waals surface area (Å²) >= 11 is 12.2. The number of unbranched alkanes of at least 4 members (excludes halogenated alkanes) is 4. The molecule has 402 valence electrons. The number of aryl methyl sites for hydroxylation is 1. The molecule has 3 aromatic heterocycles. The van der Waals surface area contributed by atoms with E-state index in [4.69, 9.17) is 41.5 Å². The van der Waals surface area contributed by atoms with E-state index in [2.05, 4.69) is 47.5 Å². The molecule has 0 radical (unpaired) electrons. The third-order valence-electron chi connectivity index (χ3n) is 15.5. The highest BCUT2D eigenvalue weighted by atomic mass is 35.5. The molecule has 0 spiro atoms. The number of halogens is 2. The summed E-state index contributed by atoms with van der Waals surface area (Å²) in [5, 5.41) is 14.5. The van der Waals surface area contributed by atoms with Gasteiger partial charge in [-0.3, -0.25) is 24.1 Å². The van der Waals surface area contributed by atoms with E-state index >= 15 is 0 Å². The van der Waals surface area contributed by atoms with Crippen LogP contribution in [0.25, 0.3) is 44.2 Å². The molecule has 10 rings (SSSR count). The fourth-order valence-corrected chi connectivity index (χ4v) is 11.1. The summed E-state index contributed by atoms with van der Waals surface area (Å²) in [5.41, 5.74) is 5.79. The van der Waals surface area contributed by atoms with Crippen LogP contribution in [0.3, 0.4) is 0 Å². The lowest BCUT2D eigenvalue weighted by Gasteiger charge is -2.46. The smallest absolute Gasteiger partial charge is 0.239 e. The van der Waals surface area contributed by atoms with Gasteiger partial charge in [0.15, 0.2) is 0 Å². The van der Waals surface area contributed by atoms with Crippen LogP contribution in [0.2, 0.25) is 10.0 Å². The number of carbonyl (C=O) groups excluding carboxylic acids is 2. The molecule has 4 aromatic carbocycles. The lowest BCUT2D eigenvalue weighted by atomic mass is 9.92. The molecule has 76 heavy (non-hydrogen) atoms. The number of hydrogen-bond donors (Lipinski definition) is 2. The van der Waals surface area contributed by atoms with Crippen LogP contribution in [-0.2, 0) is 16.1 Å². The van der Waals surface area contributed by atoms with E-state index in [9.17, 15) is 9.59 Å². The third-order valence-corrected chi connectivity index (χ3v) is 16.0. The number of hydrogen-bond acceptors (Lipinski definition) is 11. The molecule has 0 bridgehead atoms. The maximum Gasteiger partial charge on any atom is 0.239 e. The molecule has 1 aliphatic carbocycles. The quantitative estimate of drug-likeness (QED) is 0.0502. The van der Waals surface area contributed by atoms with E-state index in [-0.39, 0.29) is 17.9 Å². The van der Waals surface area contributed by atoms with Crippen LogP contribution >= 0.6 is 23.2 Å². The van der Waals surface area contributed by atoms with Crippen molar-refractivity contribution >= 4 is 57.0 Å². The van der Waals surface area contributed by atoms with E-state index in [1.54, 1.807) is 18.7 Å². The molecule has 2 N–H and O–H groups in total. The summed E-state index contributed by atoms with van der Waals surface area (Å²) in [7, 11) is 0. The fourth-order valence-electron chi connectivity index (χ4n) is 10.9. The summed E-state index contributed by atoms with van der Waals surface area (Å²) in [4.78, 5) is 38.8. The third kappa shape index (κ3) is 14.0. The lowest BCUT2D eigenvalue weighted by Crippen LogP contribution is -2.68. The van der Waals surface area contributed by atoms with E-state index in [1.807, 2.05) is 89.7 Å². The monoisotopic (exact) mass is 1070 g/mol. The molecule has 2 unspecified atom stereocenters. The number of amides is 2. The van der Waals surface area contributed by atoms with E-state index < -0.39 is 12.1 Å². The molecule has 14 nitrogen and oxygen atoms in total. The van der Waals surface area contributed by atoms with Gasteiger partial charge in [0.1, 0.15) is 34.7 Å². The van der Waals surface area contributed by atoms with Gasteiger partial charge in [-0.05, 0) is 143 Å². The van der Waals surface area contributed by atoms with Crippen LogP contribution in [0, 0.1) is 0 Å². The fraction of sp³-hybridized carbons (Fsp3) is 0.450. The number of fused-ring (bicyclic) bond motifs is 2. The predicted molar refractivity (Wildman–Crippen MR) is 301 cm³/mol. The topological polar surface area (TPSA) is 134 Å². The number of aromatic nitrogens is 2. The molecule has 2 amide bonds. The molecule has 2 atom stereocenters. The van der Waals surface area contributed by atoms with E-state index in [0.29, 0.717) is 36.3 Å². The number of furan rings is 2. The molecule has 16 heteroatoms. The number of carbonyl (C=O) groups is 2. The highest BCUT2D eigenvalue weighted by Crippen LogP contribution is 2.35. The Morgan fingerprint density at radius 2 is 1.12 bits per heavy atom. The molecule has 7 aromatic rings. The molecule has 2 saturated heterocycles. The minimum atomic E-state index is -0.598. The van der Waals surface area contributed by atoms with Crippen LogP contribution in [-0.4, -0.2) is 145 Å². The van der Waals surface area contributed by atoms with Crippen molar-refractivity contribution in [2.45, 2.75) is 88.9 Å². The molecule has 5 heterocycles. The summed E-state index contributed by atoms with van der Waals surface area (Å²) in [6.07, 6.45) is 17.3. The van der Waals surface area contributed by atoms with Crippen LogP contribution < -0.4 is 20.1 Å². The van der Waals surface area contributed by atoms with Gasteiger partial charge in [-0.15, -0.1) is 0 Å². The van der Waals surface area contributed by atoms with Crippen molar-refractivity contribution in [3.8, 4) is 33.8 Å². The Hall–Kier alpha value is -5.87. The van der Waals surface area contributed by atoms with Gasteiger partial charge in [0.05, 0.1) is 25.7 Å². The average Bonchev–Trinajstić information content (AvgIpc) is 4.23. The largest absolute Gasteiger partial charge is 0.493 e. The lowest BCUT2D eigenvalue weighted by molar-refractivity contribution is -0.141. The maximum atomic E-state index is 14.6. The summed E-state index contributed by atoms with van der Waals surface area (Å²) in [5.74, 6) is 1.53. The molecule has 3 fully saturated rings. The normalized spacial score (nSPS) is 16.9. The van der Waals surface area contributed by atoms with Gasteiger partial charge in [0, 0.05) is 128 Å². The van der Waals surface area contributed by atoms with Gasteiger partial charge in [-0.1, -0.05) is 47.5 Å². The predicted octanol–water partition coefficient (Wildman–Crippen LogP) is 10.7. The zero-order valence-corrected chi connectivity index (χ0v) is 45.1. The number of rotatable bonds is 26. The molecular formula is C60H72Cl2N8O6. The Bertz CT molecular complexity index is 2930. The second-order valence-electron chi connectivity index (χ2n) is 20.6. The molecule has 1 saturated carbocycles. The van der Waals surface area contributed by atoms with Crippen LogP contribution in [0.1, 0.15) is 64.2 Å². The Labute approximate surface area is 456 Å². The number of benzene rings is 4. The van der Waals surface area contributed by atoms with Crippen molar-refractivity contribution in [3.05, 3.63) is 126 Å². The molecular weight excluding hydrogens is 1000 g/mol. The minimum absolute atomic E-state index is 0.0144. The summed E-state index contributed by atoms with van der Waals surface area (Å²) in [6, 6.07) is 28.6. The van der Waals surface area contributed by atoms with Gasteiger partial charge in [0.25, 0.3) is 0 Å². The summed E-state index contributed by atoms with van der Waals surface area (Å²) < 4.78 is 26.0. The van der Waals surface area contributed by atoms with E-state index in [0.717, 1.165) is 185 Å². The number of nitrogens with one attached hydrogen (secondary N) is 2. The second kappa shape index (κ2) is 26.5. The van der Waals surface area contributed by atoms with Gasteiger partial charge < -0.3 is 38.7 Å².